The van der Waals surface area contributed by atoms with E-state index in [0.29, 0.717) is 6.04 Å². The van der Waals surface area contributed by atoms with Gasteiger partial charge < -0.3 is 20.3 Å². The molecule has 3 rings (SSSR count). The molecule has 0 aliphatic carbocycles. The zero-order valence-electron chi connectivity index (χ0n) is 18.0. The highest BCUT2D eigenvalue weighted by Crippen LogP contribution is 2.17. The van der Waals surface area contributed by atoms with Crippen molar-refractivity contribution in [1.29, 1.82) is 0 Å². The number of guanidine groups is 1. The average Bonchev–Trinajstić information content (AvgIpc) is 3.16. The van der Waals surface area contributed by atoms with Gasteiger partial charge in [0.1, 0.15) is 0 Å². The molecule has 0 radical (unpaired) electrons. The topological polar surface area (TPSA) is 48.9 Å². The number of benzene rings is 1. The first-order valence-corrected chi connectivity index (χ1v) is 11.0. The maximum Gasteiger partial charge on any atom is 0.191 e. The standard InChI is InChI=1S/C23H38N4O/c1-4-24-23(25-9-5-20-14-18(2)13-19(3)15-20)26-22-6-10-27(11-7-22)16-21-8-12-28-17-21/h13-15,21-22H,4-12,16-17H2,1-3H3,(H2,24,25,26). The average molecular weight is 387 g/mol. The monoisotopic (exact) mass is 386 g/mol. The Bertz CT molecular complexity index is 611. The third-order valence-corrected chi connectivity index (χ3v) is 5.76. The van der Waals surface area contributed by atoms with Gasteiger partial charge in [0.15, 0.2) is 5.96 Å². The smallest absolute Gasteiger partial charge is 0.191 e. The molecule has 156 valence electrons. The van der Waals surface area contributed by atoms with Crippen LogP contribution in [0.2, 0.25) is 0 Å². The molecule has 5 nitrogen and oxygen atoms in total. The third kappa shape index (κ3) is 6.78. The normalized spacial score (nSPS) is 21.8. The van der Waals surface area contributed by atoms with Crippen molar-refractivity contribution in [3.63, 3.8) is 0 Å². The molecule has 2 aliphatic heterocycles. The maximum atomic E-state index is 5.52. The van der Waals surface area contributed by atoms with Gasteiger partial charge in [0.05, 0.1) is 6.61 Å². The summed E-state index contributed by atoms with van der Waals surface area (Å²) in [5.41, 5.74) is 4.04. The number of hydrogen-bond acceptors (Lipinski definition) is 3. The molecule has 2 fully saturated rings. The van der Waals surface area contributed by atoms with Crippen LogP contribution in [0.3, 0.4) is 0 Å². The van der Waals surface area contributed by atoms with Crippen LogP contribution >= 0.6 is 0 Å². The van der Waals surface area contributed by atoms with Gasteiger partial charge in [0.2, 0.25) is 0 Å². The van der Waals surface area contributed by atoms with E-state index in [9.17, 15) is 0 Å². The Labute approximate surface area is 170 Å². The van der Waals surface area contributed by atoms with E-state index in [0.717, 1.165) is 44.6 Å². The molecule has 28 heavy (non-hydrogen) atoms. The summed E-state index contributed by atoms with van der Waals surface area (Å²) in [6.07, 6.45) is 4.60. The van der Waals surface area contributed by atoms with Gasteiger partial charge in [-0.25, -0.2) is 0 Å². The summed E-state index contributed by atoms with van der Waals surface area (Å²) < 4.78 is 5.52. The second-order valence-electron chi connectivity index (χ2n) is 8.46. The third-order valence-electron chi connectivity index (χ3n) is 5.76. The van der Waals surface area contributed by atoms with Crippen LogP contribution in [0.1, 0.15) is 42.9 Å². The fourth-order valence-electron chi connectivity index (χ4n) is 4.38. The summed E-state index contributed by atoms with van der Waals surface area (Å²) in [5, 5.41) is 7.09. The highest BCUT2D eigenvalue weighted by molar-refractivity contribution is 5.80. The minimum atomic E-state index is 0.523. The molecule has 1 aromatic rings. The van der Waals surface area contributed by atoms with E-state index in [4.69, 9.17) is 9.73 Å². The molecular weight excluding hydrogens is 348 g/mol. The summed E-state index contributed by atoms with van der Waals surface area (Å²) >= 11 is 0. The van der Waals surface area contributed by atoms with E-state index in [1.807, 2.05) is 0 Å². The van der Waals surface area contributed by atoms with E-state index in [2.05, 4.69) is 54.5 Å². The molecule has 0 bridgehead atoms. The van der Waals surface area contributed by atoms with Crippen molar-refractivity contribution < 1.29 is 4.74 Å². The van der Waals surface area contributed by atoms with Gasteiger partial charge >= 0.3 is 0 Å². The van der Waals surface area contributed by atoms with Crippen LogP contribution in [0.15, 0.2) is 23.2 Å². The lowest BCUT2D eigenvalue weighted by Gasteiger charge is -2.34. The van der Waals surface area contributed by atoms with Gasteiger partial charge in [-0.2, -0.15) is 0 Å². The predicted octanol–water partition coefficient (Wildman–Crippen LogP) is 2.90. The number of aliphatic imine (C=N–C) groups is 1. The Morgan fingerprint density at radius 1 is 1.14 bits per heavy atom. The van der Waals surface area contributed by atoms with Gasteiger partial charge in [-0.3, -0.25) is 4.99 Å². The van der Waals surface area contributed by atoms with Gasteiger partial charge in [0, 0.05) is 45.4 Å². The Balaban J connectivity index is 1.44. The summed E-state index contributed by atoms with van der Waals surface area (Å²) in [6.45, 7) is 13.6. The quantitative estimate of drug-likeness (QED) is 0.559. The summed E-state index contributed by atoms with van der Waals surface area (Å²) in [6, 6.07) is 7.29. The molecule has 2 N–H and O–H groups in total. The minimum absolute atomic E-state index is 0.523. The predicted molar refractivity (Wildman–Crippen MR) is 117 cm³/mol. The van der Waals surface area contributed by atoms with Gasteiger partial charge in [0.25, 0.3) is 0 Å². The Kier molecular flexibility index (Phi) is 8.16. The van der Waals surface area contributed by atoms with Crippen molar-refractivity contribution in [2.24, 2.45) is 10.9 Å². The van der Waals surface area contributed by atoms with Crippen molar-refractivity contribution in [2.75, 3.05) is 45.9 Å². The van der Waals surface area contributed by atoms with Crippen molar-refractivity contribution in [3.8, 4) is 0 Å². The number of likely N-dealkylation sites (tertiary alicyclic amines) is 1. The van der Waals surface area contributed by atoms with E-state index in [-0.39, 0.29) is 0 Å². The van der Waals surface area contributed by atoms with Crippen LogP contribution in [0.4, 0.5) is 0 Å². The molecule has 0 saturated carbocycles. The zero-order chi connectivity index (χ0) is 19.8. The lowest BCUT2D eigenvalue weighted by Crippen LogP contribution is -2.49. The molecule has 1 atom stereocenters. The molecule has 1 aromatic carbocycles. The number of nitrogens with one attached hydrogen (secondary N) is 2. The molecular formula is C23H38N4O. The fourth-order valence-corrected chi connectivity index (χ4v) is 4.38. The van der Waals surface area contributed by atoms with Gasteiger partial charge in [-0.1, -0.05) is 29.3 Å². The zero-order valence-corrected chi connectivity index (χ0v) is 18.0. The van der Waals surface area contributed by atoms with E-state index >= 15 is 0 Å². The van der Waals surface area contributed by atoms with Crippen molar-refractivity contribution >= 4 is 5.96 Å². The number of ether oxygens (including phenoxy) is 1. The first-order valence-electron chi connectivity index (χ1n) is 11.0. The fraction of sp³-hybridized carbons (Fsp3) is 0.696. The molecule has 0 aromatic heterocycles. The molecule has 2 heterocycles. The number of aryl methyl sites for hydroxylation is 2. The van der Waals surface area contributed by atoms with Crippen LogP contribution in [-0.4, -0.2) is 62.8 Å². The Hall–Kier alpha value is -1.59. The Morgan fingerprint density at radius 3 is 2.54 bits per heavy atom. The number of rotatable bonds is 7. The van der Waals surface area contributed by atoms with Gasteiger partial charge in [-0.05, 0) is 57.9 Å². The molecule has 2 saturated heterocycles. The summed E-state index contributed by atoms with van der Waals surface area (Å²) in [4.78, 5) is 7.44. The van der Waals surface area contributed by atoms with Crippen LogP contribution in [0.5, 0.6) is 0 Å². The number of nitrogens with zero attached hydrogens (tertiary/aromatic N) is 2. The number of piperidine rings is 1. The summed E-state index contributed by atoms with van der Waals surface area (Å²) in [7, 11) is 0. The molecule has 5 heteroatoms. The van der Waals surface area contributed by atoms with Crippen LogP contribution < -0.4 is 10.6 Å². The van der Waals surface area contributed by atoms with Crippen LogP contribution in [0.25, 0.3) is 0 Å². The van der Waals surface area contributed by atoms with Crippen LogP contribution in [-0.2, 0) is 11.2 Å². The second-order valence-corrected chi connectivity index (χ2v) is 8.46. The maximum absolute atomic E-state index is 5.52. The SMILES string of the molecule is CCNC(=NCCc1cc(C)cc(C)c1)NC1CCN(CC2CCOC2)CC1. The highest BCUT2D eigenvalue weighted by Gasteiger charge is 2.24. The van der Waals surface area contributed by atoms with Crippen molar-refractivity contribution in [3.05, 3.63) is 34.9 Å². The van der Waals surface area contributed by atoms with Crippen molar-refractivity contribution in [1.82, 2.24) is 15.5 Å². The largest absolute Gasteiger partial charge is 0.381 e. The molecule has 2 aliphatic rings. The molecule has 0 amide bonds. The lowest BCUT2D eigenvalue weighted by molar-refractivity contribution is 0.150. The van der Waals surface area contributed by atoms with Gasteiger partial charge in [-0.15, -0.1) is 0 Å². The minimum Gasteiger partial charge on any atom is -0.381 e. The molecule has 0 spiro atoms. The number of hydrogen-bond donors (Lipinski definition) is 2. The Morgan fingerprint density at radius 2 is 1.89 bits per heavy atom. The van der Waals surface area contributed by atoms with Crippen molar-refractivity contribution in [2.45, 2.75) is 52.5 Å². The molecule has 1 unspecified atom stereocenters. The van der Waals surface area contributed by atoms with E-state index < -0.39 is 0 Å². The van der Waals surface area contributed by atoms with Crippen LogP contribution in [0, 0.1) is 19.8 Å². The lowest BCUT2D eigenvalue weighted by atomic mass is 10.0. The first-order chi connectivity index (χ1) is 13.6. The summed E-state index contributed by atoms with van der Waals surface area (Å²) in [5.74, 6) is 1.71. The highest BCUT2D eigenvalue weighted by atomic mass is 16.5. The first kappa shape index (κ1) is 21.1. The van der Waals surface area contributed by atoms with E-state index in [1.165, 1.54) is 55.6 Å². The second kappa shape index (κ2) is 10.8. The van der Waals surface area contributed by atoms with E-state index in [1.54, 1.807) is 0 Å².